The highest BCUT2D eigenvalue weighted by atomic mass is 16.6. The number of carbonyl (C=O) groups is 3. The molecule has 1 aromatic carbocycles. The minimum Gasteiger partial charge on any atom is -0.486 e. The van der Waals surface area contributed by atoms with Crippen LogP contribution in [0.5, 0.6) is 11.5 Å². The van der Waals surface area contributed by atoms with E-state index in [0.29, 0.717) is 30.9 Å². The maximum Gasteiger partial charge on any atom is 0.325 e. The topological polar surface area (TPSA) is 97.0 Å². The molecule has 2 aliphatic heterocycles. The molecule has 1 saturated heterocycles. The Morgan fingerprint density at radius 1 is 1.27 bits per heavy atom. The van der Waals surface area contributed by atoms with Crippen molar-refractivity contribution in [2.24, 2.45) is 0 Å². The van der Waals surface area contributed by atoms with Crippen LogP contribution >= 0.6 is 0 Å². The molecule has 8 heteroatoms. The molecule has 0 spiro atoms. The quantitative estimate of drug-likeness (QED) is 0.739. The highest BCUT2D eigenvalue weighted by Gasteiger charge is 2.49. The van der Waals surface area contributed by atoms with Gasteiger partial charge in [-0.2, -0.15) is 0 Å². The molecule has 2 aliphatic rings. The number of amides is 4. The summed E-state index contributed by atoms with van der Waals surface area (Å²) in [5, 5.41) is 5.40. The van der Waals surface area contributed by atoms with E-state index in [0.717, 1.165) is 4.90 Å². The van der Waals surface area contributed by atoms with Crippen LogP contribution < -0.4 is 20.1 Å². The average Bonchev–Trinajstić information content (AvgIpc) is 2.91. The minimum atomic E-state index is -0.901. The number of benzene rings is 1. The van der Waals surface area contributed by atoms with Gasteiger partial charge in [0, 0.05) is 0 Å². The lowest BCUT2D eigenvalue weighted by Gasteiger charge is -2.26. The van der Waals surface area contributed by atoms with Crippen LogP contribution in [0.25, 0.3) is 0 Å². The second kappa shape index (κ2) is 7.23. The van der Waals surface area contributed by atoms with Gasteiger partial charge in [-0.3, -0.25) is 14.5 Å². The number of fused-ring (bicyclic) bond motifs is 1. The fraction of sp³-hybridized carbons (Fsp3) is 0.500. The Labute approximate surface area is 151 Å². The van der Waals surface area contributed by atoms with E-state index in [9.17, 15) is 14.4 Å². The van der Waals surface area contributed by atoms with Gasteiger partial charge < -0.3 is 20.1 Å². The summed E-state index contributed by atoms with van der Waals surface area (Å²) in [6, 6.07) is 6.78. The van der Waals surface area contributed by atoms with E-state index in [2.05, 4.69) is 10.6 Å². The molecular formula is C18H23N3O5. The molecule has 1 aromatic rings. The highest BCUT2D eigenvalue weighted by molar-refractivity contribution is 6.08. The summed E-state index contributed by atoms with van der Waals surface area (Å²) in [5.41, 5.74) is -0.901. The summed E-state index contributed by atoms with van der Waals surface area (Å²) >= 11 is 0. The average molecular weight is 361 g/mol. The zero-order chi connectivity index (χ0) is 18.7. The summed E-state index contributed by atoms with van der Waals surface area (Å²) in [4.78, 5) is 37.7. The number of rotatable bonds is 6. The van der Waals surface area contributed by atoms with Crippen molar-refractivity contribution in [1.29, 1.82) is 0 Å². The van der Waals surface area contributed by atoms with Crippen molar-refractivity contribution in [3.63, 3.8) is 0 Å². The van der Waals surface area contributed by atoms with Crippen LogP contribution in [-0.4, -0.2) is 54.1 Å². The largest absolute Gasteiger partial charge is 0.486 e. The molecule has 26 heavy (non-hydrogen) atoms. The van der Waals surface area contributed by atoms with Gasteiger partial charge in [0.1, 0.15) is 24.8 Å². The van der Waals surface area contributed by atoms with Crippen LogP contribution in [0.4, 0.5) is 4.79 Å². The number of carbonyl (C=O) groups excluding carboxylic acids is 3. The van der Waals surface area contributed by atoms with Crippen molar-refractivity contribution < 1.29 is 23.9 Å². The molecule has 0 aliphatic carbocycles. The maximum absolute atomic E-state index is 12.5. The minimum absolute atomic E-state index is 0.226. The Bertz CT molecular complexity index is 717. The first-order valence-electron chi connectivity index (χ1n) is 8.78. The fourth-order valence-electron chi connectivity index (χ4n) is 3.14. The van der Waals surface area contributed by atoms with Crippen molar-refractivity contribution in [3.8, 4) is 11.5 Å². The van der Waals surface area contributed by atoms with Crippen molar-refractivity contribution in [3.05, 3.63) is 24.3 Å². The molecule has 0 radical (unpaired) electrons. The summed E-state index contributed by atoms with van der Waals surface area (Å²) in [7, 11) is 0. The third kappa shape index (κ3) is 3.31. The van der Waals surface area contributed by atoms with E-state index in [1.807, 2.05) is 32.0 Å². The molecule has 140 valence electrons. The first-order chi connectivity index (χ1) is 12.5. The molecule has 3 rings (SSSR count). The number of para-hydroxylation sites is 2. The first kappa shape index (κ1) is 18.0. The van der Waals surface area contributed by atoms with Crippen molar-refractivity contribution in [2.45, 2.75) is 38.3 Å². The third-order valence-corrected chi connectivity index (χ3v) is 4.85. The number of hydrogen-bond acceptors (Lipinski definition) is 5. The van der Waals surface area contributed by atoms with Gasteiger partial charge in [-0.05, 0) is 25.0 Å². The Morgan fingerprint density at radius 3 is 2.62 bits per heavy atom. The van der Waals surface area contributed by atoms with E-state index in [1.165, 1.54) is 0 Å². The smallest absolute Gasteiger partial charge is 0.325 e. The van der Waals surface area contributed by atoms with Gasteiger partial charge in [0.25, 0.3) is 5.91 Å². The van der Waals surface area contributed by atoms with Crippen molar-refractivity contribution in [2.75, 3.05) is 19.7 Å². The SMILES string of the molecule is CCC1(CC)NC(=O)N(CC(=O)NC[C@H]2COc3ccccc3O2)C1=O. The normalized spacial score (nSPS) is 20.7. The van der Waals surface area contributed by atoms with E-state index >= 15 is 0 Å². The van der Waals surface area contributed by atoms with E-state index < -0.39 is 17.5 Å². The molecule has 0 saturated carbocycles. The number of hydrogen-bond donors (Lipinski definition) is 2. The summed E-state index contributed by atoms with van der Waals surface area (Å²) in [6.07, 6.45) is 0.639. The van der Waals surface area contributed by atoms with Crippen LogP contribution in [0, 0.1) is 0 Å². The third-order valence-electron chi connectivity index (χ3n) is 4.85. The molecule has 2 heterocycles. The molecule has 1 fully saturated rings. The van der Waals surface area contributed by atoms with E-state index in [4.69, 9.17) is 9.47 Å². The lowest BCUT2D eigenvalue weighted by atomic mass is 9.93. The van der Waals surface area contributed by atoms with Crippen LogP contribution in [0.1, 0.15) is 26.7 Å². The molecule has 2 N–H and O–H groups in total. The summed E-state index contributed by atoms with van der Waals surface area (Å²) in [5.74, 6) is 0.528. The maximum atomic E-state index is 12.5. The Balaban J connectivity index is 1.52. The highest BCUT2D eigenvalue weighted by Crippen LogP contribution is 2.30. The predicted molar refractivity (Wildman–Crippen MR) is 92.9 cm³/mol. The van der Waals surface area contributed by atoms with Gasteiger partial charge in [0.05, 0.1) is 6.54 Å². The molecular weight excluding hydrogens is 338 g/mol. The second-order valence-corrected chi connectivity index (χ2v) is 6.41. The van der Waals surface area contributed by atoms with Gasteiger partial charge in [-0.25, -0.2) is 4.79 Å². The molecule has 4 amide bonds. The standard InChI is InChI=1S/C18H23N3O5/c1-3-18(4-2)16(23)21(17(24)20-18)10-15(22)19-9-12-11-25-13-7-5-6-8-14(13)26-12/h5-8,12H,3-4,9-11H2,1-2H3,(H,19,22)(H,20,24)/t12-/m0/s1. The number of imide groups is 1. The van der Waals surface area contributed by atoms with E-state index in [1.54, 1.807) is 6.07 Å². The second-order valence-electron chi connectivity index (χ2n) is 6.41. The van der Waals surface area contributed by atoms with Crippen molar-refractivity contribution in [1.82, 2.24) is 15.5 Å². The number of ether oxygens (including phenoxy) is 2. The summed E-state index contributed by atoms with van der Waals surface area (Å²) < 4.78 is 11.4. The molecule has 8 nitrogen and oxygen atoms in total. The predicted octanol–water partition coefficient (Wildman–Crippen LogP) is 1.05. The van der Waals surface area contributed by atoms with Gasteiger partial charge in [-0.1, -0.05) is 26.0 Å². The summed E-state index contributed by atoms with van der Waals surface area (Å²) in [6.45, 7) is 3.91. The molecule has 1 atom stereocenters. The van der Waals surface area contributed by atoms with E-state index in [-0.39, 0.29) is 25.1 Å². The molecule has 0 unspecified atom stereocenters. The van der Waals surface area contributed by atoms with Crippen LogP contribution in [-0.2, 0) is 9.59 Å². The first-order valence-corrected chi connectivity index (χ1v) is 8.78. The number of urea groups is 1. The van der Waals surface area contributed by atoms with Crippen LogP contribution in [0.3, 0.4) is 0 Å². The lowest BCUT2D eigenvalue weighted by molar-refractivity contribution is -0.135. The molecule has 0 aromatic heterocycles. The van der Waals surface area contributed by atoms with Gasteiger partial charge >= 0.3 is 6.03 Å². The van der Waals surface area contributed by atoms with Gasteiger partial charge in [-0.15, -0.1) is 0 Å². The Kier molecular flexibility index (Phi) is 5.01. The number of nitrogens with one attached hydrogen (secondary N) is 2. The number of nitrogens with zero attached hydrogens (tertiary/aromatic N) is 1. The Hall–Kier alpha value is -2.77. The fourth-order valence-corrected chi connectivity index (χ4v) is 3.14. The zero-order valence-electron chi connectivity index (χ0n) is 14.9. The van der Waals surface area contributed by atoms with Gasteiger partial charge in [0.2, 0.25) is 5.91 Å². The monoisotopic (exact) mass is 361 g/mol. The van der Waals surface area contributed by atoms with Crippen molar-refractivity contribution >= 4 is 17.8 Å². The lowest BCUT2D eigenvalue weighted by Crippen LogP contribution is -2.47. The Morgan fingerprint density at radius 2 is 1.96 bits per heavy atom. The zero-order valence-corrected chi connectivity index (χ0v) is 14.9. The van der Waals surface area contributed by atoms with Gasteiger partial charge in [0.15, 0.2) is 11.5 Å². The molecule has 0 bridgehead atoms. The van der Waals surface area contributed by atoms with Crippen LogP contribution in [0.2, 0.25) is 0 Å². The van der Waals surface area contributed by atoms with Crippen LogP contribution in [0.15, 0.2) is 24.3 Å².